The number of rotatable bonds is 3. The molecule has 0 atom stereocenters. The Balaban J connectivity index is 1.72. The van der Waals surface area contributed by atoms with Gasteiger partial charge in [-0.15, -0.1) is 0 Å². The summed E-state index contributed by atoms with van der Waals surface area (Å²) in [5, 5.41) is 13.3. The van der Waals surface area contributed by atoms with Gasteiger partial charge in [-0.1, -0.05) is 43.9 Å². The van der Waals surface area contributed by atoms with Gasteiger partial charge in [0, 0.05) is 23.1 Å². The van der Waals surface area contributed by atoms with Gasteiger partial charge in [-0.05, 0) is 18.9 Å². The van der Waals surface area contributed by atoms with E-state index in [2.05, 4.69) is 11.4 Å². The van der Waals surface area contributed by atoms with Crippen LogP contribution in [0.4, 0.5) is 0 Å². The minimum Gasteiger partial charge on any atom is -0.352 e. The number of nitriles is 1. The maximum absolute atomic E-state index is 12.3. The zero-order chi connectivity index (χ0) is 15.4. The van der Waals surface area contributed by atoms with Crippen LogP contribution in [0.5, 0.6) is 0 Å². The molecule has 4 nitrogen and oxygen atoms in total. The second kappa shape index (κ2) is 6.65. The van der Waals surface area contributed by atoms with Gasteiger partial charge in [-0.25, -0.2) is 0 Å². The predicted molar refractivity (Wildman–Crippen MR) is 86.3 cm³/mol. The van der Waals surface area contributed by atoms with Crippen LogP contribution in [0.15, 0.2) is 30.5 Å². The van der Waals surface area contributed by atoms with Crippen molar-refractivity contribution in [3.63, 3.8) is 0 Å². The SMILES string of the molecule is N#Cc1cn(CC(=O)NC2CCCCCC2)c2ccccc12. The summed E-state index contributed by atoms with van der Waals surface area (Å²) in [6.07, 6.45) is 8.91. The number of fused-ring (bicyclic) bond motifs is 1. The van der Waals surface area contributed by atoms with Crippen molar-refractivity contribution in [3.8, 4) is 6.07 Å². The van der Waals surface area contributed by atoms with Crippen LogP contribution in [-0.4, -0.2) is 16.5 Å². The summed E-state index contributed by atoms with van der Waals surface area (Å²) in [6.45, 7) is 0.276. The first-order valence-corrected chi connectivity index (χ1v) is 8.05. The van der Waals surface area contributed by atoms with Gasteiger partial charge in [0.25, 0.3) is 0 Å². The molecule has 1 aliphatic carbocycles. The average molecular weight is 295 g/mol. The molecular formula is C18H21N3O. The van der Waals surface area contributed by atoms with Crippen LogP contribution in [0.2, 0.25) is 0 Å². The lowest BCUT2D eigenvalue weighted by Gasteiger charge is -2.16. The highest BCUT2D eigenvalue weighted by Crippen LogP contribution is 2.21. The number of nitrogens with one attached hydrogen (secondary N) is 1. The van der Waals surface area contributed by atoms with E-state index >= 15 is 0 Å². The number of nitrogens with zero attached hydrogens (tertiary/aromatic N) is 2. The maximum Gasteiger partial charge on any atom is 0.240 e. The Kier molecular flexibility index (Phi) is 4.43. The van der Waals surface area contributed by atoms with Crippen molar-refractivity contribution in [2.24, 2.45) is 0 Å². The number of carbonyl (C=O) groups excluding carboxylic acids is 1. The molecule has 1 aromatic heterocycles. The van der Waals surface area contributed by atoms with Crippen LogP contribution in [-0.2, 0) is 11.3 Å². The third-order valence-corrected chi connectivity index (χ3v) is 4.44. The molecule has 0 aliphatic heterocycles. The summed E-state index contributed by atoms with van der Waals surface area (Å²) in [6, 6.07) is 10.2. The smallest absolute Gasteiger partial charge is 0.240 e. The van der Waals surface area contributed by atoms with Crippen molar-refractivity contribution >= 4 is 16.8 Å². The Labute approximate surface area is 130 Å². The van der Waals surface area contributed by atoms with E-state index in [9.17, 15) is 10.1 Å². The Morgan fingerprint density at radius 2 is 1.95 bits per heavy atom. The van der Waals surface area contributed by atoms with E-state index in [4.69, 9.17) is 0 Å². The quantitative estimate of drug-likeness (QED) is 0.883. The van der Waals surface area contributed by atoms with E-state index in [0.29, 0.717) is 11.6 Å². The molecule has 0 unspecified atom stereocenters. The van der Waals surface area contributed by atoms with Gasteiger partial charge in [0.2, 0.25) is 5.91 Å². The van der Waals surface area contributed by atoms with Crippen molar-refractivity contribution in [1.29, 1.82) is 5.26 Å². The number of para-hydroxylation sites is 1. The lowest BCUT2D eigenvalue weighted by Crippen LogP contribution is -2.36. The van der Waals surface area contributed by atoms with Crippen LogP contribution in [0.3, 0.4) is 0 Å². The fourth-order valence-corrected chi connectivity index (χ4v) is 3.32. The highest BCUT2D eigenvalue weighted by molar-refractivity contribution is 5.88. The molecule has 1 N–H and O–H groups in total. The van der Waals surface area contributed by atoms with E-state index in [1.807, 2.05) is 28.8 Å². The summed E-state index contributed by atoms with van der Waals surface area (Å²) < 4.78 is 1.87. The number of carbonyl (C=O) groups is 1. The molecule has 0 radical (unpaired) electrons. The summed E-state index contributed by atoms with van der Waals surface area (Å²) in [4.78, 5) is 12.3. The number of benzene rings is 1. The van der Waals surface area contributed by atoms with E-state index < -0.39 is 0 Å². The van der Waals surface area contributed by atoms with Gasteiger partial charge >= 0.3 is 0 Å². The minimum absolute atomic E-state index is 0.0390. The van der Waals surface area contributed by atoms with Gasteiger partial charge in [0.15, 0.2) is 0 Å². The van der Waals surface area contributed by atoms with Crippen molar-refractivity contribution < 1.29 is 4.79 Å². The summed E-state index contributed by atoms with van der Waals surface area (Å²) in [5.74, 6) is 0.0390. The second-order valence-electron chi connectivity index (χ2n) is 6.06. The largest absolute Gasteiger partial charge is 0.352 e. The fourth-order valence-electron chi connectivity index (χ4n) is 3.32. The molecular weight excluding hydrogens is 274 g/mol. The molecule has 1 aliphatic rings. The van der Waals surface area contributed by atoms with Crippen molar-refractivity contribution in [3.05, 3.63) is 36.0 Å². The summed E-state index contributed by atoms with van der Waals surface area (Å²) >= 11 is 0. The Morgan fingerprint density at radius 1 is 1.23 bits per heavy atom. The van der Waals surface area contributed by atoms with Crippen molar-refractivity contribution in [1.82, 2.24) is 9.88 Å². The van der Waals surface area contributed by atoms with Crippen LogP contribution in [0.1, 0.15) is 44.1 Å². The highest BCUT2D eigenvalue weighted by Gasteiger charge is 2.16. The van der Waals surface area contributed by atoms with Crippen molar-refractivity contribution in [2.45, 2.75) is 51.1 Å². The molecule has 0 spiro atoms. The van der Waals surface area contributed by atoms with E-state index in [0.717, 1.165) is 23.7 Å². The van der Waals surface area contributed by atoms with Crippen LogP contribution < -0.4 is 5.32 Å². The van der Waals surface area contributed by atoms with Crippen LogP contribution in [0.25, 0.3) is 10.9 Å². The van der Waals surface area contributed by atoms with E-state index in [-0.39, 0.29) is 12.5 Å². The minimum atomic E-state index is 0.0390. The van der Waals surface area contributed by atoms with E-state index in [1.54, 1.807) is 6.20 Å². The summed E-state index contributed by atoms with van der Waals surface area (Å²) in [5.41, 5.74) is 1.56. The lowest BCUT2D eigenvalue weighted by molar-refractivity contribution is -0.122. The third-order valence-electron chi connectivity index (χ3n) is 4.44. The van der Waals surface area contributed by atoms with Gasteiger partial charge in [0.05, 0.1) is 5.56 Å². The van der Waals surface area contributed by atoms with Crippen LogP contribution >= 0.6 is 0 Å². The van der Waals surface area contributed by atoms with E-state index in [1.165, 1.54) is 25.7 Å². The number of hydrogen-bond donors (Lipinski definition) is 1. The topological polar surface area (TPSA) is 57.8 Å². The molecule has 2 aromatic rings. The monoisotopic (exact) mass is 295 g/mol. The standard InChI is InChI=1S/C18H21N3O/c19-11-14-12-21(17-10-6-5-9-16(14)17)13-18(22)20-15-7-3-1-2-4-8-15/h5-6,9-10,12,15H,1-4,7-8,13H2,(H,20,22). The first-order valence-electron chi connectivity index (χ1n) is 8.05. The molecule has 1 saturated carbocycles. The van der Waals surface area contributed by atoms with Gasteiger partial charge in [-0.3, -0.25) is 4.79 Å². The first kappa shape index (κ1) is 14.6. The Morgan fingerprint density at radius 3 is 2.68 bits per heavy atom. The molecule has 1 aromatic carbocycles. The number of hydrogen-bond acceptors (Lipinski definition) is 2. The maximum atomic E-state index is 12.3. The molecule has 4 heteroatoms. The molecule has 114 valence electrons. The highest BCUT2D eigenvalue weighted by atomic mass is 16.2. The molecule has 1 heterocycles. The molecule has 3 rings (SSSR count). The predicted octanol–water partition coefficient (Wildman–Crippen LogP) is 3.35. The Hall–Kier alpha value is -2.28. The molecule has 0 saturated heterocycles. The first-order chi connectivity index (χ1) is 10.8. The van der Waals surface area contributed by atoms with Gasteiger partial charge in [0.1, 0.15) is 12.6 Å². The Bertz CT molecular complexity index is 703. The summed E-state index contributed by atoms with van der Waals surface area (Å²) in [7, 11) is 0. The van der Waals surface area contributed by atoms with Crippen LogP contribution in [0, 0.1) is 11.3 Å². The molecule has 0 bridgehead atoms. The molecule has 22 heavy (non-hydrogen) atoms. The van der Waals surface area contributed by atoms with Crippen molar-refractivity contribution in [2.75, 3.05) is 0 Å². The van der Waals surface area contributed by atoms with Gasteiger partial charge in [-0.2, -0.15) is 5.26 Å². The third kappa shape index (κ3) is 3.14. The lowest BCUT2D eigenvalue weighted by atomic mass is 10.1. The molecule has 1 fully saturated rings. The normalized spacial score (nSPS) is 16.1. The fraction of sp³-hybridized carbons (Fsp3) is 0.444. The zero-order valence-corrected chi connectivity index (χ0v) is 12.7. The zero-order valence-electron chi connectivity index (χ0n) is 12.7. The van der Waals surface area contributed by atoms with Gasteiger partial charge < -0.3 is 9.88 Å². The average Bonchev–Trinajstić information content (AvgIpc) is 2.70. The number of amides is 1. The second-order valence-corrected chi connectivity index (χ2v) is 6.06. The molecule has 1 amide bonds. The number of aromatic nitrogens is 1.